The van der Waals surface area contributed by atoms with E-state index in [-0.39, 0.29) is 0 Å². The summed E-state index contributed by atoms with van der Waals surface area (Å²) < 4.78 is 0. The average molecular weight is 232 g/mol. The van der Waals surface area contributed by atoms with Crippen LogP contribution in [0.5, 0.6) is 0 Å². The number of nitrogens with one attached hydrogen (secondary N) is 1. The molecule has 0 aromatic heterocycles. The molecular weight excluding hydrogens is 208 g/mol. The summed E-state index contributed by atoms with van der Waals surface area (Å²) in [5.41, 5.74) is 2.89. The van der Waals surface area contributed by atoms with Gasteiger partial charge in [-0.1, -0.05) is 31.2 Å². The molecule has 2 nitrogen and oxygen atoms in total. The Morgan fingerprint density at radius 3 is 2.35 bits per heavy atom. The number of hydrogen-bond acceptors (Lipinski definition) is 2. The molecule has 1 aromatic rings. The topological polar surface area (TPSA) is 15.3 Å². The lowest BCUT2D eigenvalue weighted by atomic mass is 10.0. The molecule has 0 bridgehead atoms. The minimum Gasteiger partial charge on any atom is -0.316 e. The fourth-order valence-corrected chi connectivity index (χ4v) is 2.27. The van der Waals surface area contributed by atoms with E-state index in [9.17, 15) is 0 Å². The molecular formula is C15H24N2. The van der Waals surface area contributed by atoms with Crippen LogP contribution in [0.4, 0.5) is 0 Å². The normalized spacial score (nSPS) is 16.2. The van der Waals surface area contributed by atoms with E-state index >= 15 is 0 Å². The molecule has 0 radical (unpaired) electrons. The Morgan fingerprint density at radius 2 is 1.82 bits per heavy atom. The number of aryl methyl sites for hydroxylation is 1. The Balaban J connectivity index is 1.72. The van der Waals surface area contributed by atoms with Crippen molar-refractivity contribution in [1.29, 1.82) is 0 Å². The number of benzene rings is 1. The third-order valence-electron chi connectivity index (χ3n) is 3.65. The maximum atomic E-state index is 3.33. The summed E-state index contributed by atoms with van der Waals surface area (Å²) >= 11 is 0. The summed E-state index contributed by atoms with van der Waals surface area (Å²) in [7, 11) is 2.23. The first-order valence-electron chi connectivity index (χ1n) is 6.75. The van der Waals surface area contributed by atoms with Gasteiger partial charge in [-0.25, -0.2) is 0 Å². The molecule has 2 heteroatoms. The second-order valence-electron chi connectivity index (χ2n) is 5.21. The van der Waals surface area contributed by atoms with Gasteiger partial charge >= 0.3 is 0 Å². The van der Waals surface area contributed by atoms with Gasteiger partial charge in [0.05, 0.1) is 0 Å². The van der Waals surface area contributed by atoms with Crippen LogP contribution in [-0.4, -0.2) is 38.1 Å². The van der Waals surface area contributed by atoms with Gasteiger partial charge in [0.1, 0.15) is 0 Å². The third kappa shape index (κ3) is 3.83. The zero-order valence-electron chi connectivity index (χ0n) is 11.1. The van der Waals surface area contributed by atoms with Crippen molar-refractivity contribution < 1.29 is 0 Å². The van der Waals surface area contributed by atoms with Gasteiger partial charge in [0.15, 0.2) is 0 Å². The number of likely N-dealkylation sites (N-methyl/N-ethyl adjacent to an activating group) is 1. The molecule has 94 valence electrons. The summed E-state index contributed by atoms with van der Waals surface area (Å²) in [4.78, 5) is 2.46. The van der Waals surface area contributed by atoms with E-state index < -0.39 is 0 Å². The van der Waals surface area contributed by atoms with Crippen LogP contribution in [0.1, 0.15) is 18.1 Å². The molecule has 0 aliphatic carbocycles. The molecule has 0 saturated carbocycles. The standard InChI is InChI=1S/C15H24N2/c1-3-13-4-6-14(7-5-13)8-9-17(2)12-15-10-16-11-15/h4-7,15-16H,3,8-12H2,1-2H3. The molecule has 0 spiro atoms. The van der Waals surface area contributed by atoms with Gasteiger partial charge in [0.2, 0.25) is 0 Å². The lowest BCUT2D eigenvalue weighted by Gasteiger charge is -2.31. The highest BCUT2D eigenvalue weighted by atomic mass is 15.1. The average Bonchev–Trinajstić information content (AvgIpc) is 2.32. The second-order valence-corrected chi connectivity index (χ2v) is 5.21. The van der Waals surface area contributed by atoms with Crippen LogP contribution in [0.3, 0.4) is 0 Å². The smallest absolute Gasteiger partial charge is 0.00311 e. The minimum atomic E-state index is 0.877. The first-order chi connectivity index (χ1) is 8.28. The van der Waals surface area contributed by atoms with Gasteiger partial charge in [-0.2, -0.15) is 0 Å². The molecule has 0 unspecified atom stereocenters. The van der Waals surface area contributed by atoms with E-state index in [0.29, 0.717) is 0 Å². The minimum absolute atomic E-state index is 0.877. The molecule has 0 atom stereocenters. The summed E-state index contributed by atoms with van der Waals surface area (Å²) in [6, 6.07) is 9.06. The molecule has 1 N–H and O–H groups in total. The Morgan fingerprint density at radius 1 is 1.18 bits per heavy atom. The Hall–Kier alpha value is -0.860. The molecule has 1 fully saturated rings. The van der Waals surface area contributed by atoms with Gasteiger partial charge in [0, 0.05) is 26.2 Å². The van der Waals surface area contributed by atoms with Crippen molar-refractivity contribution >= 4 is 0 Å². The van der Waals surface area contributed by atoms with Gasteiger partial charge in [-0.3, -0.25) is 0 Å². The van der Waals surface area contributed by atoms with Crippen molar-refractivity contribution in [1.82, 2.24) is 10.2 Å². The molecule has 1 heterocycles. The van der Waals surface area contributed by atoms with Crippen LogP contribution in [0, 0.1) is 5.92 Å². The van der Waals surface area contributed by atoms with Crippen molar-refractivity contribution in [2.24, 2.45) is 5.92 Å². The zero-order valence-corrected chi connectivity index (χ0v) is 11.1. The second kappa shape index (κ2) is 6.18. The quantitative estimate of drug-likeness (QED) is 0.806. The molecule has 0 amide bonds. The summed E-state index contributed by atoms with van der Waals surface area (Å²) in [6.07, 6.45) is 2.30. The molecule has 1 aliphatic heterocycles. The summed E-state index contributed by atoms with van der Waals surface area (Å²) in [5.74, 6) is 0.877. The SMILES string of the molecule is CCc1ccc(CCN(C)CC2CNC2)cc1. The van der Waals surface area contributed by atoms with E-state index in [2.05, 4.69) is 48.5 Å². The fraction of sp³-hybridized carbons (Fsp3) is 0.600. The third-order valence-corrected chi connectivity index (χ3v) is 3.65. The van der Waals surface area contributed by atoms with Crippen LogP contribution < -0.4 is 5.32 Å². The Labute approximate surface area is 105 Å². The van der Waals surface area contributed by atoms with Gasteiger partial charge in [0.25, 0.3) is 0 Å². The largest absolute Gasteiger partial charge is 0.316 e. The zero-order chi connectivity index (χ0) is 12.1. The monoisotopic (exact) mass is 232 g/mol. The number of rotatable bonds is 6. The van der Waals surface area contributed by atoms with Crippen LogP contribution in [0.25, 0.3) is 0 Å². The van der Waals surface area contributed by atoms with Crippen LogP contribution in [-0.2, 0) is 12.8 Å². The Kier molecular flexibility index (Phi) is 4.57. The maximum absolute atomic E-state index is 3.33. The Bertz CT molecular complexity index is 327. The van der Waals surface area contributed by atoms with Gasteiger partial charge < -0.3 is 10.2 Å². The molecule has 1 aromatic carbocycles. The van der Waals surface area contributed by atoms with Crippen LogP contribution in [0.15, 0.2) is 24.3 Å². The van der Waals surface area contributed by atoms with Gasteiger partial charge in [-0.15, -0.1) is 0 Å². The fourth-order valence-electron chi connectivity index (χ4n) is 2.27. The van der Waals surface area contributed by atoms with E-state index in [1.54, 1.807) is 0 Å². The van der Waals surface area contributed by atoms with Crippen molar-refractivity contribution in [3.05, 3.63) is 35.4 Å². The first-order valence-corrected chi connectivity index (χ1v) is 6.75. The predicted molar refractivity (Wildman–Crippen MR) is 73.4 cm³/mol. The highest BCUT2D eigenvalue weighted by Gasteiger charge is 2.17. The summed E-state index contributed by atoms with van der Waals surface area (Å²) in [6.45, 7) is 7.02. The number of hydrogen-bond donors (Lipinski definition) is 1. The van der Waals surface area contributed by atoms with E-state index in [1.807, 2.05) is 0 Å². The first kappa shape index (κ1) is 12.6. The van der Waals surface area contributed by atoms with Crippen molar-refractivity contribution in [3.8, 4) is 0 Å². The highest BCUT2D eigenvalue weighted by molar-refractivity contribution is 5.22. The highest BCUT2D eigenvalue weighted by Crippen LogP contribution is 2.08. The summed E-state index contributed by atoms with van der Waals surface area (Å²) in [5, 5.41) is 3.33. The van der Waals surface area contributed by atoms with Gasteiger partial charge in [-0.05, 0) is 36.9 Å². The van der Waals surface area contributed by atoms with Crippen molar-refractivity contribution in [2.45, 2.75) is 19.8 Å². The molecule has 17 heavy (non-hydrogen) atoms. The van der Waals surface area contributed by atoms with Crippen molar-refractivity contribution in [3.63, 3.8) is 0 Å². The van der Waals surface area contributed by atoms with Crippen molar-refractivity contribution in [2.75, 3.05) is 33.2 Å². The molecule has 1 aliphatic rings. The maximum Gasteiger partial charge on any atom is 0.00311 e. The predicted octanol–water partition coefficient (Wildman–Crippen LogP) is 1.94. The molecule has 2 rings (SSSR count). The van der Waals surface area contributed by atoms with Crippen LogP contribution in [0.2, 0.25) is 0 Å². The lowest BCUT2D eigenvalue weighted by Crippen LogP contribution is -2.47. The molecule has 1 saturated heterocycles. The van der Waals surface area contributed by atoms with Crippen LogP contribution >= 0.6 is 0 Å². The van der Waals surface area contributed by atoms with E-state index in [1.165, 1.54) is 43.7 Å². The number of nitrogens with zero attached hydrogens (tertiary/aromatic N) is 1. The van der Waals surface area contributed by atoms with E-state index in [4.69, 9.17) is 0 Å². The lowest BCUT2D eigenvalue weighted by molar-refractivity contribution is 0.226. The van der Waals surface area contributed by atoms with E-state index in [0.717, 1.165) is 12.3 Å².